The highest BCUT2D eigenvalue weighted by Gasteiger charge is 2.12. The maximum Gasteiger partial charge on any atom is 0.0923 e. The summed E-state index contributed by atoms with van der Waals surface area (Å²) >= 11 is 1.70. The molecule has 0 radical (unpaired) electrons. The molecule has 2 heterocycles. The van der Waals surface area contributed by atoms with Crippen molar-refractivity contribution in [2.75, 3.05) is 0 Å². The minimum atomic E-state index is -0.408. The third-order valence-corrected chi connectivity index (χ3v) is 4.13. The van der Waals surface area contributed by atoms with Crippen LogP contribution in [0.15, 0.2) is 24.5 Å². The van der Waals surface area contributed by atoms with Crippen molar-refractivity contribution in [2.24, 2.45) is 0 Å². The minimum Gasteiger partial charge on any atom is -0.387 e. The Labute approximate surface area is 106 Å². The molecular weight excluding hydrogens is 232 g/mol. The smallest absolute Gasteiger partial charge is 0.0923 e. The molecule has 0 fully saturated rings. The first-order valence-electron chi connectivity index (χ1n) is 6.01. The first-order chi connectivity index (χ1) is 8.22. The van der Waals surface area contributed by atoms with Crippen LogP contribution in [0.4, 0.5) is 0 Å². The SMILES string of the molecule is CCc1ccc(C(O)Cc2cnn(CC)c2)s1. The summed E-state index contributed by atoms with van der Waals surface area (Å²) in [5.74, 6) is 0. The van der Waals surface area contributed by atoms with Gasteiger partial charge in [-0.1, -0.05) is 6.92 Å². The average molecular weight is 250 g/mol. The van der Waals surface area contributed by atoms with Gasteiger partial charge in [0.1, 0.15) is 0 Å². The molecule has 17 heavy (non-hydrogen) atoms. The maximum absolute atomic E-state index is 10.1. The van der Waals surface area contributed by atoms with E-state index < -0.39 is 6.10 Å². The van der Waals surface area contributed by atoms with Gasteiger partial charge in [0.25, 0.3) is 0 Å². The molecule has 2 aromatic rings. The van der Waals surface area contributed by atoms with E-state index in [1.807, 2.05) is 23.1 Å². The number of hydrogen-bond donors (Lipinski definition) is 1. The van der Waals surface area contributed by atoms with Gasteiger partial charge in [0, 0.05) is 28.9 Å². The third-order valence-electron chi connectivity index (χ3n) is 2.80. The van der Waals surface area contributed by atoms with Gasteiger partial charge in [-0.05, 0) is 31.0 Å². The van der Waals surface area contributed by atoms with Crippen molar-refractivity contribution in [3.63, 3.8) is 0 Å². The third kappa shape index (κ3) is 2.96. The van der Waals surface area contributed by atoms with Crippen LogP contribution in [0.5, 0.6) is 0 Å². The summed E-state index contributed by atoms with van der Waals surface area (Å²) in [5.41, 5.74) is 1.09. The van der Waals surface area contributed by atoms with Crippen LogP contribution in [0, 0.1) is 0 Å². The predicted octanol–water partition coefficient (Wildman–Crippen LogP) is 2.80. The van der Waals surface area contributed by atoms with E-state index in [2.05, 4.69) is 25.0 Å². The molecule has 0 aliphatic rings. The largest absolute Gasteiger partial charge is 0.387 e. The quantitative estimate of drug-likeness (QED) is 0.886. The molecule has 0 saturated carbocycles. The van der Waals surface area contributed by atoms with E-state index in [0.29, 0.717) is 6.42 Å². The van der Waals surface area contributed by atoms with Gasteiger partial charge in [0.2, 0.25) is 0 Å². The van der Waals surface area contributed by atoms with Crippen molar-refractivity contribution in [3.8, 4) is 0 Å². The molecule has 1 N–H and O–H groups in total. The highest BCUT2D eigenvalue weighted by atomic mass is 32.1. The Balaban J connectivity index is 2.02. The van der Waals surface area contributed by atoms with Crippen molar-refractivity contribution in [1.82, 2.24) is 9.78 Å². The Kier molecular flexibility index (Phi) is 3.97. The van der Waals surface area contributed by atoms with Crippen LogP contribution >= 0.6 is 11.3 Å². The molecule has 0 saturated heterocycles. The molecule has 0 bridgehead atoms. The van der Waals surface area contributed by atoms with Crippen molar-refractivity contribution >= 4 is 11.3 Å². The molecule has 4 heteroatoms. The van der Waals surface area contributed by atoms with E-state index in [1.165, 1.54) is 4.88 Å². The topological polar surface area (TPSA) is 38.1 Å². The van der Waals surface area contributed by atoms with E-state index >= 15 is 0 Å². The fourth-order valence-electron chi connectivity index (χ4n) is 1.77. The molecule has 0 aromatic carbocycles. The number of aliphatic hydroxyl groups excluding tert-OH is 1. The monoisotopic (exact) mass is 250 g/mol. The predicted molar refractivity (Wildman–Crippen MR) is 70.3 cm³/mol. The van der Waals surface area contributed by atoms with E-state index in [9.17, 15) is 5.11 Å². The number of thiophene rings is 1. The first-order valence-corrected chi connectivity index (χ1v) is 6.82. The average Bonchev–Trinajstić information content (AvgIpc) is 2.96. The summed E-state index contributed by atoms with van der Waals surface area (Å²) in [6.07, 6.45) is 5.10. The lowest BCUT2D eigenvalue weighted by molar-refractivity contribution is 0.182. The van der Waals surface area contributed by atoms with Crippen LogP contribution in [0.1, 0.15) is 35.3 Å². The molecule has 0 amide bonds. The molecule has 92 valence electrons. The number of nitrogens with zero attached hydrogens (tertiary/aromatic N) is 2. The zero-order chi connectivity index (χ0) is 12.3. The Hall–Kier alpha value is -1.13. The number of aryl methyl sites for hydroxylation is 2. The Morgan fingerprint density at radius 3 is 2.82 bits per heavy atom. The minimum absolute atomic E-state index is 0.408. The Morgan fingerprint density at radius 1 is 1.41 bits per heavy atom. The highest BCUT2D eigenvalue weighted by Crippen LogP contribution is 2.26. The normalized spacial score (nSPS) is 12.9. The fraction of sp³-hybridized carbons (Fsp3) is 0.462. The van der Waals surface area contributed by atoms with Gasteiger partial charge < -0.3 is 5.11 Å². The van der Waals surface area contributed by atoms with Crippen LogP contribution in [0.2, 0.25) is 0 Å². The van der Waals surface area contributed by atoms with E-state index in [4.69, 9.17) is 0 Å². The van der Waals surface area contributed by atoms with Crippen LogP contribution in [-0.4, -0.2) is 14.9 Å². The molecule has 2 aromatic heterocycles. The first kappa shape index (κ1) is 12.3. The summed E-state index contributed by atoms with van der Waals surface area (Å²) in [6.45, 7) is 5.06. The number of hydrogen-bond acceptors (Lipinski definition) is 3. The fourth-order valence-corrected chi connectivity index (χ4v) is 2.71. The summed E-state index contributed by atoms with van der Waals surface area (Å²) in [7, 11) is 0. The van der Waals surface area contributed by atoms with Gasteiger partial charge in [-0.3, -0.25) is 4.68 Å². The second-order valence-corrected chi connectivity index (χ2v) is 5.28. The molecule has 3 nitrogen and oxygen atoms in total. The van der Waals surface area contributed by atoms with Crippen LogP contribution in [0.3, 0.4) is 0 Å². The standard InChI is InChI=1S/C13H18N2OS/c1-3-11-5-6-13(17-11)12(16)7-10-8-14-15(4-2)9-10/h5-6,8-9,12,16H,3-4,7H2,1-2H3. The van der Waals surface area contributed by atoms with Crippen molar-refractivity contribution in [2.45, 2.75) is 39.3 Å². The van der Waals surface area contributed by atoms with Gasteiger partial charge in [-0.2, -0.15) is 5.10 Å². The van der Waals surface area contributed by atoms with Crippen LogP contribution in [-0.2, 0) is 19.4 Å². The van der Waals surface area contributed by atoms with E-state index in [1.54, 1.807) is 11.3 Å². The summed E-state index contributed by atoms with van der Waals surface area (Å²) in [4.78, 5) is 2.37. The second kappa shape index (κ2) is 5.47. The lowest BCUT2D eigenvalue weighted by atomic mass is 10.1. The molecule has 1 atom stereocenters. The molecule has 0 aliphatic heterocycles. The van der Waals surface area contributed by atoms with Gasteiger partial charge in [-0.25, -0.2) is 0 Å². The Morgan fingerprint density at radius 2 is 2.24 bits per heavy atom. The maximum atomic E-state index is 10.1. The molecule has 2 rings (SSSR count). The van der Waals surface area contributed by atoms with Gasteiger partial charge >= 0.3 is 0 Å². The van der Waals surface area contributed by atoms with Crippen molar-refractivity contribution in [1.29, 1.82) is 0 Å². The van der Waals surface area contributed by atoms with E-state index in [-0.39, 0.29) is 0 Å². The second-order valence-electron chi connectivity index (χ2n) is 4.08. The zero-order valence-electron chi connectivity index (χ0n) is 10.3. The summed E-state index contributed by atoms with van der Waals surface area (Å²) in [5, 5.41) is 14.3. The number of rotatable bonds is 5. The van der Waals surface area contributed by atoms with Gasteiger partial charge in [0.05, 0.1) is 12.3 Å². The van der Waals surface area contributed by atoms with Gasteiger partial charge in [-0.15, -0.1) is 11.3 Å². The van der Waals surface area contributed by atoms with Gasteiger partial charge in [0.15, 0.2) is 0 Å². The van der Waals surface area contributed by atoms with Crippen LogP contribution in [0.25, 0.3) is 0 Å². The number of aromatic nitrogens is 2. The molecular formula is C13H18N2OS. The molecule has 0 spiro atoms. The summed E-state index contributed by atoms with van der Waals surface area (Å²) < 4.78 is 1.88. The molecule has 1 unspecified atom stereocenters. The highest BCUT2D eigenvalue weighted by molar-refractivity contribution is 7.12. The van der Waals surface area contributed by atoms with Crippen molar-refractivity contribution in [3.05, 3.63) is 39.8 Å². The number of aliphatic hydroxyl groups is 1. The molecule has 0 aliphatic carbocycles. The summed E-state index contributed by atoms with van der Waals surface area (Å²) in [6, 6.07) is 4.12. The lowest BCUT2D eigenvalue weighted by Crippen LogP contribution is -1.98. The zero-order valence-corrected chi connectivity index (χ0v) is 11.1. The van der Waals surface area contributed by atoms with E-state index in [0.717, 1.165) is 23.4 Å². The Bertz CT molecular complexity index is 475. The van der Waals surface area contributed by atoms with Crippen molar-refractivity contribution < 1.29 is 5.11 Å². The van der Waals surface area contributed by atoms with Crippen LogP contribution < -0.4 is 0 Å². The lowest BCUT2D eigenvalue weighted by Gasteiger charge is -2.06.